The van der Waals surface area contributed by atoms with Crippen molar-refractivity contribution in [2.24, 2.45) is 0 Å². The molecule has 1 radical (unpaired) electrons. The number of hydrogen-bond donors (Lipinski definition) is 0. The van der Waals surface area contributed by atoms with E-state index in [0.717, 1.165) is 0 Å². The maximum Gasteiger partial charge on any atom is 0.311 e. The number of benzene rings is 1. The van der Waals surface area contributed by atoms with Crippen molar-refractivity contribution in [2.75, 3.05) is 0 Å². The minimum Gasteiger partial charge on any atom is -0.0936 e. The van der Waals surface area contributed by atoms with E-state index in [0.29, 0.717) is 0 Å². The molecule has 18 heavy (non-hydrogen) atoms. The van der Waals surface area contributed by atoms with E-state index >= 15 is 0 Å². The summed E-state index contributed by atoms with van der Waals surface area (Å²) in [7, 11) is -21.0. The molecular formula is C6H3F10S2. The molecule has 0 unspecified atom stereocenters. The molecule has 109 valence electrons. The summed E-state index contributed by atoms with van der Waals surface area (Å²) in [6.45, 7) is 0. The summed E-state index contributed by atoms with van der Waals surface area (Å²) >= 11 is 0. The van der Waals surface area contributed by atoms with Gasteiger partial charge in [-0.15, -0.1) is 0 Å². The Kier molecular flexibility index (Phi) is 2.07. The lowest BCUT2D eigenvalue weighted by Gasteiger charge is -2.43. The summed E-state index contributed by atoms with van der Waals surface area (Å²) in [4.78, 5) is -6.28. The average Bonchev–Trinajstić information content (AvgIpc) is 1.96. The second-order valence-electron chi connectivity index (χ2n) is 3.32. The Labute approximate surface area is 94.0 Å². The van der Waals surface area contributed by atoms with Crippen LogP contribution in [0.25, 0.3) is 0 Å². The van der Waals surface area contributed by atoms with Crippen molar-refractivity contribution in [1.82, 2.24) is 0 Å². The van der Waals surface area contributed by atoms with Crippen molar-refractivity contribution in [1.29, 1.82) is 0 Å². The van der Waals surface area contributed by atoms with Gasteiger partial charge in [0.1, 0.15) is 9.79 Å². The lowest BCUT2D eigenvalue weighted by molar-refractivity contribution is 0.359. The predicted molar refractivity (Wildman–Crippen MR) is 48.1 cm³/mol. The Morgan fingerprint density at radius 3 is 1.11 bits per heavy atom. The standard InChI is InChI=1S/C6H3F10S2/c7-17(8,9,10,11)5-2-1-3-6(4-5)18(12,13,14,15)16/h1-3H. The maximum atomic E-state index is 12.1. The molecule has 0 heterocycles. The molecule has 0 saturated heterocycles. The molecule has 1 aromatic rings. The van der Waals surface area contributed by atoms with Crippen LogP contribution in [0.2, 0.25) is 0 Å². The summed E-state index contributed by atoms with van der Waals surface area (Å²) in [6.07, 6.45) is 0. The molecule has 1 rings (SSSR count). The molecule has 0 nitrogen and oxygen atoms in total. The van der Waals surface area contributed by atoms with Gasteiger partial charge < -0.3 is 0 Å². The molecule has 0 spiro atoms. The number of hydrogen-bond acceptors (Lipinski definition) is 0. The van der Waals surface area contributed by atoms with Gasteiger partial charge in [0, 0.05) is 6.07 Å². The normalized spacial score (nSPS) is 21.4. The van der Waals surface area contributed by atoms with E-state index < -0.39 is 42.4 Å². The molecule has 1 aromatic carbocycles. The van der Waals surface area contributed by atoms with Crippen LogP contribution in [0.15, 0.2) is 28.0 Å². The van der Waals surface area contributed by atoms with Gasteiger partial charge in [-0.3, -0.25) is 0 Å². The number of rotatable bonds is 2. The first-order valence-corrected chi connectivity index (χ1v) is 7.60. The first-order chi connectivity index (χ1) is 7.19. The third-order valence-corrected chi connectivity index (χ3v) is 3.71. The first-order valence-electron chi connectivity index (χ1n) is 3.70. The fourth-order valence-electron chi connectivity index (χ4n) is 0.878. The van der Waals surface area contributed by atoms with Gasteiger partial charge in [0.15, 0.2) is 0 Å². The first kappa shape index (κ1) is 15.3. The van der Waals surface area contributed by atoms with E-state index in [2.05, 4.69) is 0 Å². The minimum absolute atomic E-state index is 0.0413. The maximum absolute atomic E-state index is 12.1. The van der Waals surface area contributed by atoms with E-state index in [1.165, 1.54) is 0 Å². The molecular weight excluding hydrogens is 326 g/mol. The molecule has 0 aliphatic heterocycles. The summed E-state index contributed by atoms with van der Waals surface area (Å²) in [6, 6.07) is -1.04. The van der Waals surface area contributed by atoms with Crippen LogP contribution in [0.1, 0.15) is 0 Å². The predicted octanol–water partition coefficient (Wildman–Crippen LogP) is 6.80. The van der Waals surface area contributed by atoms with E-state index in [-0.39, 0.29) is 12.1 Å². The molecule has 0 aliphatic carbocycles. The van der Waals surface area contributed by atoms with Crippen molar-refractivity contribution in [3.63, 3.8) is 0 Å². The van der Waals surface area contributed by atoms with E-state index in [9.17, 15) is 38.9 Å². The quantitative estimate of drug-likeness (QED) is 0.523. The van der Waals surface area contributed by atoms with E-state index in [1.807, 2.05) is 0 Å². The van der Waals surface area contributed by atoms with Gasteiger partial charge in [-0.05, 0) is 12.1 Å². The molecule has 0 fully saturated rings. The monoisotopic (exact) mass is 329 g/mol. The molecule has 0 aromatic heterocycles. The minimum atomic E-state index is -10.5. The van der Waals surface area contributed by atoms with Crippen molar-refractivity contribution in [2.45, 2.75) is 9.79 Å². The van der Waals surface area contributed by atoms with Crippen molar-refractivity contribution < 1.29 is 38.9 Å². The third-order valence-electron chi connectivity index (χ3n) is 1.57. The second-order valence-corrected chi connectivity index (χ2v) is 8.07. The van der Waals surface area contributed by atoms with Crippen LogP contribution in [-0.4, -0.2) is 0 Å². The van der Waals surface area contributed by atoms with Gasteiger partial charge in [0.2, 0.25) is 0 Å². The third kappa shape index (κ3) is 3.60. The van der Waals surface area contributed by atoms with Gasteiger partial charge in [0.05, 0.1) is 0 Å². The molecule has 0 N–H and O–H groups in total. The second kappa shape index (κ2) is 2.44. The van der Waals surface area contributed by atoms with Gasteiger partial charge in [0.25, 0.3) is 0 Å². The summed E-state index contributed by atoms with van der Waals surface area (Å²) in [5.41, 5.74) is 0. The largest absolute Gasteiger partial charge is 0.311 e. The summed E-state index contributed by atoms with van der Waals surface area (Å²) in [5, 5.41) is 0. The highest BCUT2D eigenvalue weighted by Gasteiger charge is 2.69. The van der Waals surface area contributed by atoms with Gasteiger partial charge in [-0.1, -0.05) is 44.9 Å². The SMILES string of the molecule is FS(F)(F)(F)(F)c1[c]c(S(F)(F)(F)(F)F)ccc1. The smallest absolute Gasteiger partial charge is 0.0936 e. The Balaban J connectivity index is 3.65. The summed E-state index contributed by atoms with van der Waals surface area (Å²) < 4.78 is 121. The van der Waals surface area contributed by atoms with Crippen LogP contribution in [0.4, 0.5) is 38.9 Å². The lowest BCUT2D eigenvalue weighted by Crippen LogP contribution is -2.10. The Hall–Kier alpha value is -0.780. The van der Waals surface area contributed by atoms with Crippen LogP contribution in [-0.2, 0) is 0 Å². The van der Waals surface area contributed by atoms with Gasteiger partial charge >= 0.3 is 20.4 Å². The zero-order chi connectivity index (χ0) is 14.8. The fraction of sp³-hybridized carbons (Fsp3) is 0. The Bertz CT molecular complexity index is 461. The highest BCUT2D eigenvalue weighted by molar-refractivity contribution is 8.46. The van der Waals surface area contributed by atoms with Gasteiger partial charge in [-0.2, -0.15) is 0 Å². The van der Waals surface area contributed by atoms with Crippen LogP contribution >= 0.6 is 20.4 Å². The van der Waals surface area contributed by atoms with E-state index in [1.54, 1.807) is 0 Å². The molecule has 0 bridgehead atoms. The molecule has 12 heteroatoms. The lowest BCUT2D eigenvalue weighted by atomic mass is 10.4. The summed E-state index contributed by atoms with van der Waals surface area (Å²) in [5.74, 6) is 0. The van der Waals surface area contributed by atoms with Gasteiger partial charge in [-0.25, -0.2) is 0 Å². The highest BCUT2D eigenvalue weighted by atomic mass is 32.5. The highest BCUT2D eigenvalue weighted by Crippen LogP contribution is 3.04. The van der Waals surface area contributed by atoms with Crippen LogP contribution in [0.5, 0.6) is 0 Å². The average molecular weight is 329 g/mol. The van der Waals surface area contributed by atoms with E-state index in [4.69, 9.17) is 0 Å². The molecule has 0 atom stereocenters. The topological polar surface area (TPSA) is 0 Å². The fourth-order valence-corrected chi connectivity index (χ4v) is 2.22. The molecule has 0 saturated carbocycles. The molecule has 0 amide bonds. The van der Waals surface area contributed by atoms with Crippen LogP contribution < -0.4 is 0 Å². The number of halogens is 10. The van der Waals surface area contributed by atoms with Crippen LogP contribution in [0, 0.1) is 6.07 Å². The Morgan fingerprint density at radius 1 is 0.611 bits per heavy atom. The van der Waals surface area contributed by atoms with Crippen molar-refractivity contribution in [3.8, 4) is 0 Å². The zero-order valence-electron chi connectivity index (χ0n) is 7.83. The zero-order valence-corrected chi connectivity index (χ0v) is 9.46. The van der Waals surface area contributed by atoms with Crippen molar-refractivity contribution in [3.05, 3.63) is 24.3 Å². The molecule has 0 aliphatic rings. The van der Waals surface area contributed by atoms with Crippen molar-refractivity contribution >= 4 is 20.4 Å². The Morgan fingerprint density at radius 2 is 0.889 bits per heavy atom. The van der Waals surface area contributed by atoms with Crippen LogP contribution in [0.3, 0.4) is 0 Å².